The summed E-state index contributed by atoms with van der Waals surface area (Å²) in [4.78, 5) is 25.0. The Morgan fingerprint density at radius 2 is 1.71 bits per heavy atom. The van der Waals surface area contributed by atoms with Crippen LogP contribution in [0.3, 0.4) is 0 Å². The van der Waals surface area contributed by atoms with Crippen molar-refractivity contribution in [1.29, 1.82) is 0 Å². The Kier molecular flexibility index (Phi) is 10.8. The molecular formula is C30H33ClN4O6S. The maximum absolute atomic E-state index is 13.5. The molecule has 12 heteroatoms. The van der Waals surface area contributed by atoms with Crippen molar-refractivity contribution in [2.75, 3.05) is 24.6 Å². The van der Waals surface area contributed by atoms with E-state index in [0.717, 1.165) is 30.0 Å². The first-order valence-electron chi connectivity index (χ1n) is 13.5. The Hall–Kier alpha value is -4.09. The van der Waals surface area contributed by atoms with Gasteiger partial charge in [0.2, 0.25) is 0 Å². The first kappa shape index (κ1) is 30.9. The van der Waals surface area contributed by atoms with Crippen molar-refractivity contribution in [2.24, 2.45) is 5.10 Å². The van der Waals surface area contributed by atoms with Crippen LogP contribution in [0.2, 0.25) is 5.02 Å². The predicted octanol–water partition coefficient (Wildman–Crippen LogP) is 4.52. The van der Waals surface area contributed by atoms with Gasteiger partial charge in [0.1, 0.15) is 18.0 Å². The van der Waals surface area contributed by atoms with Crippen LogP contribution in [0.4, 0.5) is 5.69 Å². The van der Waals surface area contributed by atoms with Crippen molar-refractivity contribution in [2.45, 2.75) is 43.0 Å². The highest BCUT2D eigenvalue weighted by Gasteiger charge is 2.29. The van der Waals surface area contributed by atoms with E-state index in [2.05, 4.69) is 15.8 Å². The van der Waals surface area contributed by atoms with Crippen molar-refractivity contribution >= 4 is 45.3 Å². The molecule has 42 heavy (non-hydrogen) atoms. The van der Waals surface area contributed by atoms with Crippen molar-refractivity contribution in [1.82, 2.24) is 10.7 Å². The highest BCUT2D eigenvalue weighted by molar-refractivity contribution is 7.92. The molecule has 3 aromatic carbocycles. The lowest BCUT2D eigenvalue weighted by atomic mass is 9.95. The molecule has 0 radical (unpaired) electrons. The first-order chi connectivity index (χ1) is 20.3. The molecule has 10 nitrogen and oxygen atoms in total. The molecule has 0 saturated heterocycles. The smallest absolute Gasteiger partial charge is 0.264 e. The third kappa shape index (κ3) is 8.46. The summed E-state index contributed by atoms with van der Waals surface area (Å²) >= 11 is 6.16. The summed E-state index contributed by atoms with van der Waals surface area (Å²) < 4.78 is 38.9. The number of hydrazone groups is 1. The Morgan fingerprint density at radius 3 is 2.40 bits per heavy atom. The molecule has 1 fully saturated rings. The summed E-state index contributed by atoms with van der Waals surface area (Å²) in [6.07, 6.45) is 6.91. The van der Waals surface area contributed by atoms with Gasteiger partial charge in [-0.05, 0) is 73.0 Å². The molecule has 0 spiro atoms. The number of benzene rings is 3. The molecule has 0 atom stereocenters. The number of sulfonamides is 1. The average Bonchev–Trinajstić information content (AvgIpc) is 3.00. The minimum atomic E-state index is -4.16. The third-order valence-electron chi connectivity index (χ3n) is 6.65. The molecule has 0 bridgehead atoms. The minimum absolute atomic E-state index is 0.00268. The molecule has 0 aromatic heterocycles. The van der Waals surface area contributed by atoms with Crippen molar-refractivity contribution in [3.8, 4) is 11.5 Å². The van der Waals surface area contributed by atoms with Gasteiger partial charge in [0.15, 0.2) is 6.61 Å². The quantitative estimate of drug-likeness (QED) is 0.229. The van der Waals surface area contributed by atoms with E-state index in [1.54, 1.807) is 48.5 Å². The number of nitrogens with one attached hydrogen (secondary N) is 2. The molecule has 3 aromatic rings. The van der Waals surface area contributed by atoms with Crippen molar-refractivity contribution in [3.05, 3.63) is 83.4 Å². The van der Waals surface area contributed by atoms with Gasteiger partial charge in [-0.1, -0.05) is 49.1 Å². The van der Waals surface area contributed by atoms with Crippen LogP contribution in [0.1, 0.15) is 37.7 Å². The standard InChI is InChI=1S/C30H33ClN4O6S/c1-40-28-17-14-23(31)18-27(28)35(42(38,39)26-10-6-3-7-11-26)20-29(36)34-32-19-22-12-15-25(16-13-22)41-21-30(37)33-24-8-4-2-5-9-24/h3,6-7,10-19,24H,2,4-5,8-9,20-21H2,1H3,(H,33,37)(H,34,36)/b32-19-. The second-order valence-electron chi connectivity index (χ2n) is 9.69. The van der Waals surface area contributed by atoms with E-state index >= 15 is 0 Å². The maximum Gasteiger partial charge on any atom is 0.264 e. The van der Waals surface area contributed by atoms with E-state index in [0.29, 0.717) is 11.3 Å². The summed E-state index contributed by atoms with van der Waals surface area (Å²) in [5, 5.41) is 7.25. The number of carbonyl (C=O) groups excluding carboxylic acids is 2. The number of carbonyl (C=O) groups is 2. The number of ether oxygens (including phenoxy) is 2. The van der Waals surface area contributed by atoms with E-state index in [4.69, 9.17) is 21.1 Å². The zero-order chi connectivity index (χ0) is 30.0. The fourth-order valence-corrected chi connectivity index (χ4v) is 6.15. The molecule has 2 N–H and O–H groups in total. The molecule has 1 aliphatic carbocycles. The first-order valence-corrected chi connectivity index (χ1v) is 15.3. The highest BCUT2D eigenvalue weighted by atomic mass is 35.5. The van der Waals surface area contributed by atoms with E-state index in [1.807, 2.05) is 0 Å². The van der Waals surface area contributed by atoms with Gasteiger partial charge in [-0.25, -0.2) is 13.8 Å². The number of nitrogens with zero attached hydrogens (tertiary/aromatic N) is 2. The number of hydrogen-bond acceptors (Lipinski definition) is 7. The van der Waals surface area contributed by atoms with Crippen LogP contribution < -0.4 is 24.5 Å². The molecule has 1 saturated carbocycles. The van der Waals surface area contributed by atoms with E-state index in [1.165, 1.54) is 44.0 Å². The number of amides is 2. The van der Waals surface area contributed by atoms with Crippen LogP contribution in [0.5, 0.6) is 11.5 Å². The Labute approximate surface area is 250 Å². The lowest BCUT2D eigenvalue weighted by molar-refractivity contribution is -0.124. The van der Waals surface area contributed by atoms with Crippen LogP contribution >= 0.6 is 11.6 Å². The normalized spacial score (nSPS) is 13.9. The van der Waals surface area contributed by atoms with E-state index in [9.17, 15) is 18.0 Å². The zero-order valence-corrected chi connectivity index (χ0v) is 24.7. The number of anilines is 1. The third-order valence-corrected chi connectivity index (χ3v) is 8.66. The molecule has 2 amide bonds. The minimum Gasteiger partial charge on any atom is -0.495 e. The lowest BCUT2D eigenvalue weighted by Crippen LogP contribution is -2.39. The van der Waals surface area contributed by atoms with Gasteiger partial charge < -0.3 is 14.8 Å². The molecule has 0 aliphatic heterocycles. The van der Waals surface area contributed by atoms with Gasteiger partial charge in [0, 0.05) is 11.1 Å². The SMILES string of the molecule is COc1ccc(Cl)cc1N(CC(=O)N/N=C\c1ccc(OCC(=O)NC2CCCCC2)cc1)S(=O)(=O)c1ccccc1. The Morgan fingerprint density at radius 1 is 1.00 bits per heavy atom. The summed E-state index contributed by atoms with van der Waals surface area (Å²) in [6.45, 7) is -0.652. The Bertz CT molecular complexity index is 1490. The summed E-state index contributed by atoms with van der Waals surface area (Å²) in [5.41, 5.74) is 3.13. The average molecular weight is 613 g/mol. The summed E-state index contributed by atoms with van der Waals surface area (Å²) in [7, 11) is -2.77. The maximum atomic E-state index is 13.5. The van der Waals surface area contributed by atoms with Gasteiger partial charge in [-0.15, -0.1) is 0 Å². The number of rotatable bonds is 12. The molecular weight excluding hydrogens is 580 g/mol. The lowest BCUT2D eigenvalue weighted by Gasteiger charge is -2.25. The van der Waals surface area contributed by atoms with Crippen LogP contribution in [0.15, 0.2) is 82.8 Å². The number of hydrogen-bond donors (Lipinski definition) is 2. The summed E-state index contributed by atoms with van der Waals surface area (Å²) in [6, 6.07) is 19.3. The largest absolute Gasteiger partial charge is 0.495 e. The Balaban J connectivity index is 1.37. The predicted molar refractivity (Wildman–Crippen MR) is 162 cm³/mol. The van der Waals surface area contributed by atoms with Gasteiger partial charge >= 0.3 is 0 Å². The second-order valence-corrected chi connectivity index (χ2v) is 12.0. The topological polar surface area (TPSA) is 126 Å². The molecule has 222 valence electrons. The van der Waals surface area contributed by atoms with Gasteiger partial charge in [-0.2, -0.15) is 5.10 Å². The van der Waals surface area contributed by atoms with Gasteiger partial charge in [0.25, 0.3) is 21.8 Å². The molecule has 0 heterocycles. The number of methoxy groups -OCH3 is 1. The van der Waals surface area contributed by atoms with Crippen LogP contribution in [-0.2, 0) is 19.6 Å². The molecule has 1 aliphatic rings. The zero-order valence-electron chi connectivity index (χ0n) is 23.2. The van der Waals surface area contributed by atoms with Crippen molar-refractivity contribution in [3.63, 3.8) is 0 Å². The van der Waals surface area contributed by atoms with Crippen LogP contribution in [-0.4, -0.2) is 52.8 Å². The number of halogens is 1. The summed E-state index contributed by atoms with van der Waals surface area (Å²) in [5.74, 6) is -0.0816. The molecule has 0 unspecified atom stereocenters. The van der Waals surface area contributed by atoms with Gasteiger partial charge in [0.05, 0.1) is 23.9 Å². The fourth-order valence-electron chi connectivity index (χ4n) is 4.54. The van der Waals surface area contributed by atoms with Crippen LogP contribution in [0, 0.1) is 0 Å². The van der Waals surface area contributed by atoms with E-state index in [-0.39, 0.29) is 39.9 Å². The second kappa shape index (κ2) is 14.7. The highest BCUT2D eigenvalue weighted by Crippen LogP contribution is 2.34. The van der Waals surface area contributed by atoms with Crippen molar-refractivity contribution < 1.29 is 27.5 Å². The van der Waals surface area contributed by atoms with Crippen LogP contribution in [0.25, 0.3) is 0 Å². The fraction of sp³-hybridized carbons (Fsp3) is 0.300. The monoisotopic (exact) mass is 612 g/mol. The van der Waals surface area contributed by atoms with E-state index < -0.39 is 22.5 Å². The molecule has 4 rings (SSSR count). The van der Waals surface area contributed by atoms with Gasteiger partial charge in [-0.3, -0.25) is 13.9 Å².